The van der Waals surface area contributed by atoms with E-state index in [0.29, 0.717) is 5.69 Å². The molecule has 4 heteroatoms. The molecule has 0 aromatic heterocycles. The molecule has 0 aliphatic heterocycles. The molecule has 0 spiro atoms. The quantitative estimate of drug-likeness (QED) is 0.638. The lowest BCUT2D eigenvalue weighted by molar-refractivity contribution is -0.146. The highest BCUT2D eigenvalue weighted by atomic mass is 16.5. The molecule has 0 bridgehead atoms. The van der Waals surface area contributed by atoms with Gasteiger partial charge in [0, 0.05) is 11.3 Å². The second kappa shape index (κ2) is 9.00. The molecule has 28 heavy (non-hydrogen) atoms. The SMILES string of the molecule is Cc1ccc(CC(=O)OCC(=O)Nc2ccccc2-c2ccccc2)cc1C. The monoisotopic (exact) mass is 373 g/mol. The normalized spacial score (nSPS) is 10.4. The van der Waals surface area contributed by atoms with Crippen molar-refractivity contribution in [3.05, 3.63) is 89.5 Å². The molecule has 1 N–H and O–H groups in total. The number of ether oxygens (including phenoxy) is 1. The third-order valence-electron chi connectivity index (χ3n) is 4.57. The van der Waals surface area contributed by atoms with Gasteiger partial charge in [-0.15, -0.1) is 0 Å². The standard InChI is InChI=1S/C24H23NO3/c1-17-12-13-19(14-18(17)2)15-24(27)28-16-23(26)25-22-11-7-6-10-21(22)20-8-4-3-5-9-20/h3-14H,15-16H2,1-2H3,(H,25,26). The molecule has 0 heterocycles. The highest BCUT2D eigenvalue weighted by Crippen LogP contribution is 2.27. The van der Waals surface area contributed by atoms with Gasteiger partial charge in [0.1, 0.15) is 0 Å². The molecule has 0 aliphatic rings. The van der Waals surface area contributed by atoms with E-state index >= 15 is 0 Å². The van der Waals surface area contributed by atoms with Crippen molar-refractivity contribution in [2.75, 3.05) is 11.9 Å². The van der Waals surface area contributed by atoms with Crippen LogP contribution in [0, 0.1) is 13.8 Å². The molecule has 0 fully saturated rings. The summed E-state index contributed by atoms with van der Waals surface area (Å²) in [7, 11) is 0. The van der Waals surface area contributed by atoms with Crippen molar-refractivity contribution in [1.82, 2.24) is 0 Å². The maximum atomic E-state index is 12.3. The van der Waals surface area contributed by atoms with Crippen LogP contribution in [-0.4, -0.2) is 18.5 Å². The van der Waals surface area contributed by atoms with E-state index < -0.39 is 5.97 Å². The third-order valence-corrected chi connectivity index (χ3v) is 4.57. The molecule has 1 amide bonds. The van der Waals surface area contributed by atoms with E-state index in [2.05, 4.69) is 5.32 Å². The summed E-state index contributed by atoms with van der Waals surface area (Å²) in [4.78, 5) is 24.3. The van der Waals surface area contributed by atoms with Crippen molar-refractivity contribution in [3.8, 4) is 11.1 Å². The highest BCUT2D eigenvalue weighted by Gasteiger charge is 2.11. The van der Waals surface area contributed by atoms with E-state index in [9.17, 15) is 9.59 Å². The zero-order valence-corrected chi connectivity index (χ0v) is 16.1. The van der Waals surface area contributed by atoms with Crippen molar-refractivity contribution in [2.24, 2.45) is 0 Å². The molecular weight excluding hydrogens is 350 g/mol. The third kappa shape index (κ3) is 5.07. The number of nitrogens with one attached hydrogen (secondary N) is 1. The minimum atomic E-state index is -0.422. The van der Waals surface area contributed by atoms with Crippen molar-refractivity contribution in [1.29, 1.82) is 0 Å². The number of carbonyl (C=O) groups excluding carboxylic acids is 2. The number of hydrogen-bond donors (Lipinski definition) is 1. The van der Waals surface area contributed by atoms with E-state index in [-0.39, 0.29) is 18.9 Å². The molecule has 0 unspecified atom stereocenters. The van der Waals surface area contributed by atoms with Crippen LogP contribution in [0.2, 0.25) is 0 Å². The van der Waals surface area contributed by atoms with Crippen molar-refractivity contribution in [2.45, 2.75) is 20.3 Å². The molecule has 0 saturated heterocycles. The largest absolute Gasteiger partial charge is 0.455 e. The lowest BCUT2D eigenvalue weighted by Gasteiger charge is -2.12. The second-order valence-corrected chi connectivity index (χ2v) is 6.72. The molecule has 4 nitrogen and oxygen atoms in total. The lowest BCUT2D eigenvalue weighted by Crippen LogP contribution is -2.22. The number of rotatable bonds is 6. The van der Waals surface area contributed by atoms with Crippen LogP contribution in [0.5, 0.6) is 0 Å². The molecular formula is C24H23NO3. The van der Waals surface area contributed by atoms with Crippen LogP contribution in [0.1, 0.15) is 16.7 Å². The number of anilines is 1. The average Bonchev–Trinajstić information content (AvgIpc) is 2.70. The van der Waals surface area contributed by atoms with Crippen LogP contribution in [0.15, 0.2) is 72.8 Å². The molecule has 0 aliphatic carbocycles. The van der Waals surface area contributed by atoms with Gasteiger partial charge in [-0.3, -0.25) is 9.59 Å². The van der Waals surface area contributed by atoms with E-state index in [0.717, 1.165) is 22.3 Å². The summed E-state index contributed by atoms with van der Waals surface area (Å²) in [6.45, 7) is 3.71. The van der Waals surface area contributed by atoms with Crippen molar-refractivity contribution < 1.29 is 14.3 Å². The zero-order chi connectivity index (χ0) is 19.9. The Kier molecular flexibility index (Phi) is 6.22. The molecule has 3 aromatic carbocycles. The fourth-order valence-electron chi connectivity index (χ4n) is 2.93. The van der Waals surface area contributed by atoms with Gasteiger partial charge in [0.25, 0.3) is 5.91 Å². The van der Waals surface area contributed by atoms with Gasteiger partial charge in [-0.05, 0) is 42.2 Å². The fraction of sp³-hybridized carbons (Fsp3) is 0.167. The number of benzene rings is 3. The Morgan fingerprint density at radius 1 is 0.857 bits per heavy atom. The van der Waals surface area contributed by atoms with E-state index in [1.54, 1.807) is 0 Å². The van der Waals surface area contributed by atoms with Crippen LogP contribution in [0.25, 0.3) is 11.1 Å². The second-order valence-electron chi connectivity index (χ2n) is 6.72. The number of para-hydroxylation sites is 1. The highest BCUT2D eigenvalue weighted by molar-refractivity contribution is 5.96. The van der Waals surface area contributed by atoms with E-state index in [4.69, 9.17) is 4.74 Å². The first-order chi connectivity index (χ1) is 13.5. The maximum Gasteiger partial charge on any atom is 0.310 e. The Morgan fingerprint density at radius 2 is 1.57 bits per heavy atom. The molecule has 0 radical (unpaired) electrons. The van der Waals surface area contributed by atoms with Crippen LogP contribution in [-0.2, 0) is 20.7 Å². The fourth-order valence-corrected chi connectivity index (χ4v) is 2.93. The lowest BCUT2D eigenvalue weighted by atomic mass is 10.0. The summed E-state index contributed by atoms with van der Waals surface area (Å²) in [5, 5.41) is 2.83. The van der Waals surface area contributed by atoms with Gasteiger partial charge >= 0.3 is 5.97 Å². The van der Waals surface area contributed by atoms with Crippen LogP contribution < -0.4 is 5.32 Å². The van der Waals surface area contributed by atoms with Gasteiger partial charge < -0.3 is 10.1 Å². The summed E-state index contributed by atoms with van der Waals surface area (Å²) in [6.07, 6.45) is 0.148. The van der Waals surface area contributed by atoms with Crippen LogP contribution in [0.4, 0.5) is 5.69 Å². The number of aryl methyl sites for hydroxylation is 2. The Morgan fingerprint density at radius 3 is 2.32 bits per heavy atom. The number of amides is 1. The number of carbonyl (C=O) groups is 2. The zero-order valence-electron chi connectivity index (χ0n) is 16.1. The first kappa shape index (κ1) is 19.4. The summed E-state index contributed by atoms with van der Waals surface area (Å²) in [5.41, 5.74) is 5.78. The summed E-state index contributed by atoms with van der Waals surface area (Å²) < 4.78 is 5.14. The molecule has 3 aromatic rings. The van der Waals surface area contributed by atoms with E-state index in [1.807, 2.05) is 86.6 Å². The first-order valence-corrected chi connectivity index (χ1v) is 9.19. The molecule has 3 rings (SSSR count). The topological polar surface area (TPSA) is 55.4 Å². The van der Waals surface area contributed by atoms with E-state index in [1.165, 1.54) is 5.56 Å². The molecule has 0 atom stereocenters. The minimum Gasteiger partial charge on any atom is -0.455 e. The number of esters is 1. The first-order valence-electron chi connectivity index (χ1n) is 9.19. The minimum absolute atomic E-state index is 0.148. The van der Waals surface area contributed by atoms with Crippen LogP contribution >= 0.6 is 0 Å². The number of hydrogen-bond acceptors (Lipinski definition) is 3. The van der Waals surface area contributed by atoms with Gasteiger partial charge in [0.15, 0.2) is 6.61 Å². The molecule has 142 valence electrons. The smallest absolute Gasteiger partial charge is 0.310 e. The van der Waals surface area contributed by atoms with Crippen molar-refractivity contribution in [3.63, 3.8) is 0 Å². The van der Waals surface area contributed by atoms with Gasteiger partial charge in [-0.1, -0.05) is 66.7 Å². The predicted molar refractivity (Wildman–Crippen MR) is 111 cm³/mol. The molecule has 0 saturated carbocycles. The van der Waals surface area contributed by atoms with Crippen LogP contribution in [0.3, 0.4) is 0 Å². The summed E-state index contributed by atoms with van der Waals surface area (Å²) >= 11 is 0. The summed E-state index contributed by atoms with van der Waals surface area (Å²) in [6, 6.07) is 23.2. The Balaban J connectivity index is 1.58. The Labute approximate surface area is 165 Å². The Hall–Kier alpha value is -3.40. The van der Waals surface area contributed by atoms with Gasteiger partial charge in [-0.2, -0.15) is 0 Å². The average molecular weight is 373 g/mol. The maximum absolute atomic E-state index is 12.3. The van der Waals surface area contributed by atoms with Crippen molar-refractivity contribution >= 4 is 17.6 Å². The Bertz CT molecular complexity index is 980. The predicted octanol–water partition coefficient (Wildman–Crippen LogP) is 4.69. The van der Waals surface area contributed by atoms with Gasteiger partial charge in [0.05, 0.1) is 6.42 Å². The van der Waals surface area contributed by atoms with Gasteiger partial charge in [0.2, 0.25) is 0 Å². The van der Waals surface area contributed by atoms with Gasteiger partial charge in [-0.25, -0.2) is 0 Å². The summed E-state index contributed by atoms with van der Waals surface area (Å²) in [5.74, 6) is -0.786.